The van der Waals surface area contributed by atoms with Gasteiger partial charge in [0, 0.05) is 0 Å². The van der Waals surface area contributed by atoms with Crippen LogP contribution in [0.15, 0.2) is 16.5 Å². The van der Waals surface area contributed by atoms with Crippen LogP contribution in [0.5, 0.6) is 0 Å². The molecule has 84 valence electrons. The van der Waals surface area contributed by atoms with Crippen molar-refractivity contribution in [2.75, 3.05) is 0 Å². The fourth-order valence-electron chi connectivity index (χ4n) is 1.52. The summed E-state index contributed by atoms with van der Waals surface area (Å²) in [6.45, 7) is 1.90. The van der Waals surface area contributed by atoms with Gasteiger partial charge in [0.05, 0.1) is 6.54 Å². The van der Waals surface area contributed by atoms with Crippen molar-refractivity contribution < 1.29 is 17.6 Å². The number of hydrogen-bond donors (Lipinski definition) is 1. The smallest absolute Gasteiger partial charge is 0.406 e. The van der Waals surface area contributed by atoms with E-state index in [-0.39, 0.29) is 19.4 Å². The summed E-state index contributed by atoms with van der Waals surface area (Å²) in [4.78, 5) is 0. The average Bonchev–Trinajstić information content (AvgIpc) is 2.82. The standard InChI is InChI=1S/C10H12F3NO/c1-7-2-3-8(15-7)6-14-9(4-5-9)10(11,12)13/h2-3,14H,4-6H2,1H3. The minimum Gasteiger partial charge on any atom is -0.465 e. The van der Waals surface area contributed by atoms with E-state index in [0.717, 1.165) is 0 Å². The highest BCUT2D eigenvalue weighted by Crippen LogP contribution is 2.49. The Labute approximate surface area is 85.5 Å². The molecule has 1 aromatic heterocycles. The van der Waals surface area contributed by atoms with E-state index in [1.54, 1.807) is 19.1 Å². The highest BCUT2D eigenvalue weighted by Gasteiger charge is 2.63. The molecule has 0 atom stereocenters. The van der Waals surface area contributed by atoms with Gasteiger partial charge in [-0.05, 0) is 31.9 Å². The lowest BCUT2D eigenvalue weighted by molar-refractivity contribution is -0.166. The summed E-state index contributed by atoms with van der Waals surface area (Å²) in [6.07, 6.45) is -3.83. The Morgan fingerprint density at radius 1 is 1.40 bits per heavy atom. The number of hydrogen-bond acceptors (Lipinski definition) is 2. The Kier molecular flexibility index (Phi) is 2.30. The molecule has 15 heavy (non-hydrogen) atoms. The van der Waals surface area contributed by atoms with Gasteiger partial charge in [0.2, 0.25) is 0 Å². The van der Waals surface area contributed by atoms with Gasteiger partial charge in [-0.1, -0.05) is 0 Å². The minimum atomic E-state index is -4.16. The van der Waals surface area contributed by atoms with Crippen LogP contribution >= 0.6 is 0 Å². The molecule has 0 radical (unpaired) electrons. The van der Waals surface area contributed by atoms with Crippen LogP contribution in [0.1, 0.15) is 24.4 Å². The Hall–Kier alpha value is -0.970. The second kappa shape index (κ2) is 3.27. The summed E-state index contributed by atoms with van der Waals surface area (Å²) in [7, 11) is 0. The van der Waals surface area contributed by atoms with E-state index in [0.29, 0.717) is 11.5 Å². The minimum absolute atomic E-state index is 0.132. The molecule has 1 aliphatic rings. The van der Waals surface area contributed by atoms with E-state index in [2.05, 4.69) is 5.32 Å². The molecule has 1 aromatic rings. The van der Waals surface area contributed by atoms with Crippen molar-refractivity contribution in [3.63, 3.8) is 0 Å². The topological polar surface area (TPSA) is 25.2 Å². The van der Waals surface area contributed by atoms with Crippen LogP contribution in [-0.2, 0) is 6.54 Å². The highest BCUT2D eigenvalue weighted by molar-refractivity contribution is 5.11. The average molecular weight is 219 g/mol. The third-order valence-electron chi connectivity index (χ3n) is 2.69. The Morgan fingerprint density at radius 3 is 2.47 bits per heavy atom. The number of nitrogens with one attached hydrogen (secondary N) is 1. The fourth-order valence-corrected chi connectivity index (χ4v) is 1.52. The zero-order chi connectivity index (χ0) is 11.1. The van der Waals surface area contributed by atoms with Crippen LogP contribution in [0, 0.1) is 6.92 Å². The third-order valence-corrected chi connectivity index (χ3v) is 2.69. The Bertz CT molecular complexity index is 352. The van der Waals surface area contributed by atoms with Gasteiger partial charge >= 0.3 is 6.18 Å². The van der Waals surface area contributed by atoms with Crippen molar-refractivity contribution in [2.24, 2.45) is 0 Å². The predicted octanol–water partition coefficient (Wildman–Crippen LogP) is 2.77. The largest absolute Gasteiger partial charge is 0.465 e. The van der Waals surface area contributed by atoms with Gasteiger partial charge in [-0.3, -0.25) is 5.32 Å². The van der Waals surface area contributed by atoms with E-state index in [4.69, 9.17) is 4.42 Å². The molecule has 1 saturated carbocycles. The summed E-state index contributed by atoms with van der Waals surface area (Å²) in [5.74, 6) is 1.26. The van der Waals surface area contributed by atoms with E-state index in [1.807, 2.05) is 0 Å². The maximum absolute atomic E-state index is 12.5. The van der Waals surface area contributed by atoms with Gasteiger partial charge in [0.1, 0.15) is 17.1 Å². The van der Waals surface area contributed by atoms with E-state index < -0.39 is 11.7 Å². The maximum atomic E-state index is 12.5. The number of alkyl halides is 3. The van der Waals surface area contributed by atoms with E-state index in [1.165, 1.54) is 0 Å². The summed E-state index contributed by atoms with van der Waals surface area (Å²) in [5, 5.41) is 2.52. The molecule has 0 bridgehead atoms. The third kappa shape index (κ3) is 2.02. The zero-order valence-corrected chi connectivity index (χ0v) is 8.32. The fraction of sp³-hybridized carbons (Fsp3) is 0.600. The van der Waals surface area contributed by atoms with Gasteiger partial charge in [-0.15, -0.1) is 0 Å². The van der Waals surface area contributed by atoms with Gasteiger partial charge in [-0.25, -0.2) is 0 Å². The first-order chi connectivity index (χ1) is 6.93. The lowest BCUT2D eigenvalue weighted by Gasteiger charge is -2.19. The highest BCUT2D eigenvalue weighted by atomic mass is 19.4. The van der Waals surface area contributed by atoms with Crippen molar-refractivity contribution >= 4 is 0 Å². The van der Waals surface area contributed by atoms with E-state index in [9.17, 15) is 13.2 Å². The number of aryl methyl sites for hydroxylation is 1. The zero-order valence-electron chi connectivity index (χ0n) is 8.32. The molecule has 1 N–H and O–H groups in total. The van der Waals surface area contributed by atoms with Crippen molar-refractivity contribution in [1.29, 1.82) is 0 Å². The molecule has 5 heteroatoms. The number of halogens is 3. The Balaban J connectivity index is 1.94. The van der Waals surface area contributed by atoms with Crippen molar-refractivity contribution in [3.05, 3.63) is 23.7 Å². The molecule has 2 rings (SSSR count). The molecular formula is C10H12F3NO. The summed E-state index contributed by atoms with van der Waals surface area (Å²) < 4.78 is 42.7. The van der Waals surface area contributed by atoms with Crippen molar-refractivity contribution in [1.82, 2.24) is 5.32 Å². The second-order valence-corrected chi connectivity index (χ2v) is 3.95. The molecular weight excluding hydrogens is 207 g/mol. The van der Waals surface area contributed by atoms with Crippen LogP contribution < -0.4 is 5.32 Å². The first-order valence-corrected chi connectivity index (χ1v) is 4.80. The first kappa shape index (κ1) is 10.5. The van der Waals surface area contributed by atoms with Crippen molar-refractivity contribution in [3.8, 4) is 0 Å². The van der Waals surface area contributed by atoms with Crippen LogP contribution in [0.2, 0.25) is 0 Å². The molecule has 0 amide bonds. The first-order valence-electron chi connectivity index (χ1n) is 4.80. The molecule has 0 spiro atoms. The second-order valence-electron chi connectivity index (χ2n) is 3.95. The molecule has 0 saturated heterocycles. The SMILES string of the molecule is Cc1ccc(CNC2(C(F)(F)F)CC2)o1. The van der Waals surface area contributed by atoms with Gasteiger partial charge in [0.25, 0.3) is 0 Å². The molecule has 2 nitrogen and oxygen atoms in total. The van der Waals surface area contributed by atoms with Crippen LogP contribution in [0.3, 0.4) is 0 Å². The predicted molar refractivity (Wildman–Crippen MR) is 48.3 cm³/mol. The van der Waals surface area contributed by atoms with Crippen LogP contribution in [0.4, 0.5) is 13.2 Å². The van der Waals surface area contributed by atoms with Crippen molar-refractivity contribution in [2.45, 2.75) is 38.0 Å². The number of furan rings is 1. The van der Waals surface area contributed by atoms with E-state index >= 15 is 0 Å². The monoisotopic (exact) mass is 219 g/mol. The number of rotatable bonds is 3. The maximum Gasteiger partial charge on any atom is 0.406 e. The quantitative estimate of drug-likeness (QED) is 0.845. The van der Waals surface area contributed by atoms with Gasteiger partial charge in [-0.2, -0.15) is 13.2 Å². The lowest BCUT2D eigenvalue weighted by Crippen LogP contribution is -2.44. The molecule has 1 fully saturated rings. The van der Waals surface area contributed by atoms with Crippen LogP contribution in [0.25, 0.3) is 0 Å². The summed E-state index contributed by atoms with van der Waals surface area (Å²) in [6, 6.07) is 3.43. The molecule has 0 aliphatic heterocycles. The summed E-state index contributed by atoms with van der Waals surface area (Å²) >= 11 is 0. The lowest BCUT2D eigenvalue weighted by atomic mass is 10.2. The summed E-state index contributed by atoms with van der Waals surface area (Å²) in [5.41, 5.74) is -1.66. The molecule has 0 unspecified atom stereocenters. The van der Waals surface area contributed by atoms with Crippen LogP contribution in [-0.4, -0.2) is 11.7 Å². The Morgan fingerprint density at radius 2 is 2.07 bits per heavy atom. The molecule has 1 heterocycles. The van der Waals surface area contributed by atoms with Gasteiger partial charge in [0.15, 0.2) is 0 Å². The molecule has 0 aromatic carbocycles. The normalized spacial score (nSPS) is 19.2. The van der Waals surface area contributed by atoms with Gasteiger partial charge < -0.3 is 4.42 Å². The molecule has 1 aliphatic carbocycles.